The normalized spacial score (nSPS) is 19.6. The van der Waals surface area contributed by atoms with E-state index in [-0.39, 0.29) is 23.8 Å². The van der Waals surface area contributed by atoms with Crippen molar-refractivity contribution in [2.24, 2.45) is 13.0 Å². The van der Waals surface area contributed by atoms with E-state index in [1.807, 2.05) is 11.9 Å². The van der Waals surface area contributed by atoms with Crippen molar-refractivity contribution in [1.82, 2.24) is 14.8 Å². The largest absolute Gasteiger partial charge is 0.397 e. The minimum Gasteiger partial charge on any atom is -0.397 e. The third-order valence-corrected chi connectivity index (χ3v) is 4.32. The summed E-state index contributed by atoms with van der Waals surface area (Å²) in [7, 11) is 1.83. The fourth-order valence-corrected chi connectivity index (χ4v) is 2.86. The van der Waals surface area contributed by atoms with E-state index in [9.17, 15) is 9.59 Å². The summed E-state index contributed by atoms with van der Waals surface area (Å²) in [6.45, 7) is 1.36. The van der Waals surface area contributed by atoms with E-state index in [1.54, 1.807) is 16.8 Å². The van der Waals surface area contributed by atoms with E-state index < -0.39 is 0 Å². The van der Waals surface area contributed by atoms with Gasteiger partial charge in [-0.05, 0) is 31.7 Å². The van der Waals surface area contributed by atoms with Gasteiger partial charge < -0.3 is 20.5 Å². The average molecular weight is 290 g/mol. The topological polar surface area (TPSA) is 80.4 Å². The first-order valence-corrected chi connectivity index (χ1v) is 7.56. The number of amides is 2. The fraction of sp³-hybridized carbons (Fsp3) is 0.600. The molecule has 2 fully saturated rings. The van der Waals surface area contributed by atoms with Crippen LogP contribution in [-0.2, 0) is 11.8 Å². The Kier molecular flexibility index (Phi) is 3.61. The second kappa shape index (κ2) is 5.42. The average Bonchev–Trinajstić information content (AvgIpc) is 3.24. The van der Waals surface area contributed by atoms with Gasteiger partial charge in [0.25, 0.3) is 5.91 Å². The van der Waals surface area contributed by atoms with Gasteiger partial charge in [0, 0.05) is 38.3 Å². The number of aryl methyl sites for hydroxylation is 1. The van der Waals surface area contributed by atoms with Crippen LogP contribution in [0.4, 0.5) is 5.69 Å². The monoisotopic (exact) mass is 290 g/mol. The summed E-state index contributed by atoms with van der Waals surface area (Å²) in [5.74, 6) is 0.451. The van der Waals surface area contributed by atoms with E-state index in [1.165, 1.54) is 0 Å². The predicted molar refractivity (Wildman–Crippen MR) is 79.6 cm³/mol. The van der Waals surface area contributed by atoms with Gasteiger partial charge in [0.05, 0.1) is 5.69 Å². The molecule has 1 aliphatic carbocycles. The summed E-state index contributed by atoms with van der Waals surface area (Å²) in [6, 6.07) is 1.92. The molecule has 0 spiro atoms. The molecule has 1 aliphatic heterocycles. The number of piperidine rings is 1. The molecule has 114 valence electrons. The van der Waals surface area contributed by atoms with Crippen LogP contribution >= 0.6 is 0 Å². The second-order valence-corrected chi connectivity index (χ2v) is 6.12. The minimum absolute atomic E-state index is 0.0150. The third kappa shape index (κ3) is 3.04. The first-order valence-electron chi connectivity index (χ1n) is 7.56. The lowest BCUT2D eigenvalue weighted by atomic mass is 10.0. The lowest BCUT2D eigenvalue weighted by molar-refractivity contribution is -0.123. The molecule has 0 atom stereocenters. The van der Waals surface area contributed by atoms with Crippen LogP contribution in [0.2, 0.25) is 0 Å². The van der Waals surface area contributed by atoms with Crippen molar-refractivity contribution in [3.63, 3.8) is 0 Å². The Hall–Kier alpha value is -1.98. The summed E-state index contributed by atoms with van der Waals surface area (Å²) >= 11 is 0. The molecule has 2 aliphatic rings. The Morgan fingerprint density at radius 2 is 1.90 bits per heavy atom. The van der Waals surface area contributed by atoms with Crippen LogP contribution in [0.25, 0.3) is 0 Å². The Morgan fingerprint density at radius 3 is 2.43 bits per heavy atom. The molecular weight excluding hydrogens is 268 g/mol. The number of hydrogen-bond acceptors (Lipinski definition) is 3. The molecule has 3 rings (SSSR count). The number of likely N-dealkylation sites (tertiary alicyclic amines) is 1. The lowest BCUT2D eigenvalue weighted by Gasteiger charge is -2.32. The molecule has 0 aromatic carbocycles. The highest BCUT2D eigenvalue weighted by Crippen LogP contribution is 2.29. The van der Waals surface area contributed by atoms with Gasteiger partial charge in [-0.1, -0.05) is 0 Å². The van der Waals surface area contributed by atoms with Crippen molar-refractivity contribution >= 4 is 17.5 Å². The van der Waals surface area contributed by atoms with E-state index >= 15 is 0 Å². The van der Waals surface area contributed by atoms with Gasteiger partial charge in [0.15, 0.2) is 0 Å². The molecule has 0 radical (unpaired) electrons. The highest BCUT2D eigenvalue weighted by atomic mass is 16.2. The highest BCUT2D eigenvalue weighted by molar-refractivity contribution is 5.94. The molecule has 1 saturated heterocycles. The van der Waals surface area contributed by atoms with Gasteiger partial charge in [-0.2, -0.15) is 0 Å². The number of rotatable bonds is 3. The van der Waals surface area contributed by atoms with Crippen molar-refractivity contribution in [2.45, 2.75) is 31.7 Å². The number of nitrogens with one attached hydrogen (secondary N) is 1. The minimum atomic E-state index is 0.0150. The number of nitrogens with zero attached hydrogens (tertiary/aromatic N) is 2. The van der Waals surface area contributed by atoms with E-state index in [0.717, 1.165) is 25.7 Å². The number of hydrogen-bond donors (Lipinski definition) is 2. The molecule has 1 aromatic rings. The number of nitrogens with two attached hydrogens (primary N) is 1. The van der Waals surface area contributed by atoms with Crippen LogP contribution < -0.4 is 11.1 Å². The van der Waals surface area contributed by atoms with Crippen LogP contribution in [0.5, 0.6) is 0 Å². The Bertz CT molecular complexity index is 554. The zero-order valence-electron chi connectivity index (χ0n) is 12.3. The fourth-order valence-electron chi connectivity index (χ4n) is 2.86. The SMILES string of the molecule is Cn1cc(N)cc1C(=O)N1CCC(NC(=O)C2CC2)CC1. The molecule has 2 heterocycles. The molecule has 0 bridgehead atoms. The van der Waals surface area contributed by atoms with Gasteiger partial charge in [0.2, 0.25) is 5.91 Å². The first-order chi connectivity index (χ1) is 10.0. The Balaban J connectivity index is 1.54. The summed E-state index contributed by atoms with van der Waals surface area (Å²) < 4.78 is 1.76. The summed E-state index contributed by atoms with van der Waals surface area (Å²) in [4.78, 5) is 26.0. The maximum atomic E-state index is 12.4. The van der Waals surface area contributed by atoms with Gasteiger partial charge >= 0.3 is 0 Å². The predicted octanol–water partition coefficient (Wildman–Crippen LogP) is 0.738. The Labute approximate surface area is 124 Å². The van der Waals surface area contributed by atoms with Gasteiger partial charge in [-0.15, -0.1) is 0 Å². The summed E-state index contributed by atoms with van der Waals surface area (Å²) in [6.07, 6.45) is 5.44. The molecule has 6 nitrogen and oxygen atoms in total. The number of nitrogen functional groups attached to an aromatic ring is 1. The van der Waals surface area contributed by atoms with Crippen molar-refractivity contribution in [2.75, 3.05) is 18.8 Å². The van der Waals surface area contributed by atoms with Crippen LogP contribution in [0, 0.1) is 5.92 Å². The molecular formula is C15H22N4O2. The zero-order chi connectivity index (χ0) is 15.0. The molecule has 2 amide bonds. The standard InChI is InChI=1S/C15H22N4O2/c1-18-9-11(16)8-13(18)15(21)19-6-4-12(5-7-19)17-14(20)10-2-3-10/h8-10,12H,2-7,16H2,1H3,(H,17,20). The number of carbonyl (C=O) groups excluding carboxylic acids is 2. The van der Waals surface area contributed by atoms with E-state index in [4.69, 9.17) is 5.73 Å². The molecule has 21 heavy (non-hydrogen) atoms. The molecule has 6 heteroatoms. The summed E-state index contributed by atoms with van der Waals surface area (Å²) in [5, 5.41) is 3.09. The molecule has 0 unspecified atom stereocenters. The quantitative estimate of drug-likeness (QED) is 0.861. The maximum Gasteiger partial charge on any atom is 0.270 e. The number of anilines is 1. The zero-order valence-corrected chi connectivity index (χ0v) is 12.3. The number of carbonyl (C=O) groups is 2. The first kappa shape index (κ1) is 14.0. The van der Waals surface area contributed by atoms with Crippen molar-refractivity contribution in [3.05, 3.63) is 18.0 Å². The summed E-state index contributed by atoms with van der Waals surface area (Å²) in [5.41, 5.74) is 6.94. The smallest absolute Gasteiger partial charge is 0.270 e. The van der Waals surface area contributed by atoms with Crippen LogP contribution in [-0.4, -0.2) is 40.4 Å². The van der Waals surface area contributed by atoms with Gasteiger partial charge in [-0.25, -0.2) is 0 Å². The second-order valence-electron chi connectivity index (χ2n) is 6.12. The maximum absolute atomic E-state index is 12.4. The third-order valence-electron chi connectivity index (χ3n) is 4.32. The van der Waals surface area contributed by atoms with E-state index in [2.05, 4.69) is 5.32 Å². The van der Waals surface area contributed by atoms with Crippen LogP contribution in [0.1, 0.15) is 36.2 Å². The van der Waals surface area contributed by atoms with Gasteiger partial charge in [0.1, 0.15) is 5.69 Å². The Morgan fingerprint density at radius 1 is 1.24 bits per heavy atom. The van der Waals surface area contributed by atoms with Crippen molar-refractivity contribution in [3.8, 4) is 0 Å². The highest BCUT2D eigenvalue weighted by Gasteiger charge is 2.32. The van der Waals surface area contributed by atoms with Crippen molar-refractivity contribution < 1.29 is 9.59 Å². The molecule has 3 N–H and O–H groups in total. The van der Waals surface area contributed by atoms with Crippen molar-refractivity contribution in [1.29, 1.82) is 0 Å². The van der Waals surface area contributed by atoms with Crippen LogP contribution in [0.3, 0.4) is 0 Å². The lowest BCUT2D eigenvalue weighted by Crippen LogP contribution is -2.47. The van der Waals surface area contributed by atoms with E-state index in [0.29, 0.717) is 24.5 Å². The van der Waals surface area contributed by atoms with Crippen LogP contribution in [0.15, 0.2) is 12.3 Å². The molecule has 1 aromatic heterocycles. The molecule has 1 saturated carbocycles. The number of aromatic nitrogens is 1. The van der Waals surface area contributed by atoms with Gasteiger partial charge in [-0.3, -0.25) is 9.59 Å².